The molecule has 0 heterocycles. The third-order valence-corrected chi connectivity index (χ3v) is 2.59. The second-order valence-corrected chi connectivity index (χ2v) is 3.96. The number of hydrogen-bond donors (Lipinski definition) is 1. The van der Waals surface area contributed by atoms with E-state index in [0.717, 1.165) is 37.3 Å². The lowest BCUT2D eigenvalue weighted by Gasteiger charge is -2.06. The Kier molecular flexibility index (Phi) is 9.33. The highest BCUT2D eigenvalue weighted by Crippen LogP contribution is 2.13. The van der Waals surface area contributed by atoms with E-state index in [9.17, 15) is 4.79 Å². The molecule has 0 saturated carbocycles. The number of carbonyl (C=O) groups excluding carboxylic acids is 1. The molecule has 0 spiro atoms. The molecule has 1 rings (SSSR count). The molecule has 0 amide bonds. The predicted octanol–water partition coefficient (Wildman–Crippen LogP) is 3.08. The molecular formula is C14H22ClNO2. The number of ketones is 1. The Labute approximate surface area is 115 Å². The number of benzene rings is 1. The first-order valence-electron chi connectivity index (χ1n) is 6.18. The largest absolute Gasteiger partial charge is 0.494 e. The first kappa shape index (κ1) is 16.9. The summed E-state index contributed by atoms with van der Waals surface area (Å²) in [5, 5.41) is 3.10. The van der Waals surface area contributed by atoms with E-state index in [0.29, 0.717) is 6.42 Å². The lowest BCUT2D eigenvalue weighted by atomic mass is 10.1. The Morgan fingerprint density at radius 2 is 1.89 bits per heavy atom. The number of halogens is 1. The molecule has 0 aliphatic carbocycles. The third-order valence-electron chi connectivity index (χ3n) is 2.59. The second kappa shape index (κ2) is 9.92. The SMILES string of the molecule is CCC(=O)c1ccc(OCCCCNC)cc1.Cl. The van der Waals surface area contributed by atoms with Crippen LogP contribution < -0.4 is 10.1 Å². The van der Waals surface area contributed by atoms with Crippen LogP contribution >= 0.6 is 12.4 Å². The fourth-order valence-electron chi connectivity index (χ4n) is 1.54. The Balaban J connectivity index is 0.00000289. The van der Waals surface area contributed by atoms with Crippen LogP contribution in [0.4, 0.5) is 0 Å². The number of rotatable bonds is 8. The van der Waals surface area contributed by atoms with E-state index in [1.807, 2.05) is 38.2 Å². The van der Waals surface area contributed by atoms with Gasteiger partial charge in [-0.25, -0.2) is 0 Å². The van der Waals surface area contributed by atoms with E-state index < -0.39 is 0 Å². The molecule has 0 fully saturated rings. The van der Waals surface area contributed by atoms with Crippen molar-refractivity contribution in [2.45, 2.75) is 26.2 Å². The Hall–Kier alpha value is -1.06. The molecule has 0 aromatic heterocycles. The monoisotopic (exact) mass is 271 g/mol. The first-order valence-corrected chi connectivity index (χ1v) is 6.18. The highest BCUT2D eigenvalue weighted by Gasteiger charge is 2.02. The van der Waals surface area contributed by atoms with Crippen LogP contribution in [0.1, 0.15) is 36.5 Å². The van der Waals surface area contributed by atoms with Crippen molar-refractivity contribution >= 4 is 18.2 Å². The first-order chi connectivity index (χ1) is 8.27. The normalized spacial score (nSPS) is 9.67. The van der Waals surface area contributed by atoms with Gasteiger partial charge in [0.2, 0.25) is 0 Å². The zero-order chi connectivity index (χ0) is 12.5. The summed E-state index contributed by atoms with van der Waals surface area (Å²) in [7, 11) is 1.95. The van der Waals surface area contributed by atoms with Crippen molar-refractivity contribution in [2.24, 2.45) is 0 Å². The molecule has 1 aromatic rings. The summed E-state index contributed by atoms with van der Waals surface area (Å²) in [6.07, 6.45) is 2.70. The maximum absolute atomic E-state index is 11.4. The van der Waals surface area contributed by atoms with Crippen molar-refractivity contribution < 1.29 is 9.53 Å². The van der Waals surface area contributed by atoms with Gasteiger partial charge in [-0.1, -0.05) is 6.92 Å². The lowest BCUT2D eigenvalue weighted by Crippen LogP contribution is -2.09. The summed E-state index contributed by atoms with van der Waals surface area (Å²) >= 11 is 0. The van der Waals surface area contributed by atoms with Crippen LogP contribution in [0.25, 0.3) is 0 Å². The second-order valence-electron chi connectivity index (χ2n) is 3.96. The Morgan fingerprint density at radius 1 is 1.22 bits per heavy atom. The minimum Gasteiger partial charge on any atom is -0.494 e. The van der Waals surface area contributed by atoms with Crippen LogP contribution in [-0.2, 0) is 0 Å². The quantitative estimate of drug-likeness (QED) is 0.583. The van der Waals surface area contributed by atoms with Crippen molar-refractivity contribution in [3.8, 4) is 5.75 Å². The highest BCUT2D eigenvalue weighted by atomic mass is 35.5. The lowest BCUT2D eigenvalue weighted by molar-refractivity contribution is 0.0988. The molecule has 0 aliphatic rings. The topological polar surface area (TPSA) is 38.3 Å². The summed E-state index contributed by atoms with van der Waals surface area (Å²) in [6, 6.07) is 7.38. The molecule has 1 aromatic carbocycles. The van der Waals surface area contributed by atoms with Gasteiger partial charge in [-0.15, -0.1) is 12.4 Å². The van der Waals surface area contributed by atoms with E-state index in [1.54, 1.807) is 0 Å². The molecule has 4 heteroatoms. The van der Waals surface area contributed by atoms with Crippen LogP contribution in [0, 0.1) is 0 Å². The maximum Gasteiger partial charge on any atom is 0.162 e. The fourth-order valence-corrected chi connectivity index (χ4v) is 1.54. The number of hydrogen-bond acceptors (Lipinski definition) is 3. The zero-order valence-corrected chi connectivity index (χ0v) is 11.9. The van der Waals surface area contributed by atoms with Crippen LogP contribution in [-0.4, -0.2) is 26.0 Å². The van der Waals surface area contributed by atoms with Crippen molar-refractivity contribution in [3.63, 3.8) is 0 Å². The zero-order valence-electron chi connectivity index (χ0n) is 11.1. The predicted molar refractivity (Wildman–Crippen MR) is 77.0 cm³/mol. The van der Waals surface area contributed by atoms with Gasteiger partial charge in [-0.3, -0.25) is 4.79 Å². The van der Waals surface area contributed by atoms with E-state index in [4.69, 9.17) is 4.74 Å². The summed E-state index contributed by atoms with van der Waals surface area (Å²) in [4.78, 5) is 11.4. The van der Waals surface area contributed by atoms with Gasteiger partial charge in [-0.2, -0.15) is 0 Å². The smallest absolute Gasteiger partial charge is 0.162 e. The van der Waals surface area contributed by atoms with Crippen molar-refractivity contribution in [2.75, 3.05) is 20.2 Å². The van der Waals surface area contributed by atoms with Gasteiger partial charge in [0.15, 0.2) is 5.78 Å². The molecule has 1 N–H and O–H groups in total. The number of unbranched alkanes of at least 4 members (excludes halogenated alkanes) is 1. The van der Waals surface area contributed by atoms with Crippen molar-refractivity contribution in [1.82, 2.24) is 5.32 Å². The third kappa shape index (κ3) is 6.03. The standard InChI is InChI=1S/C14H21NO2.ClH/c1-3-14(16)12-6-8-13(9-7-12)17-11-5-4-10-15-2;/h6-9,15H,3-5,10-11H2,1-2H3;1H. The molecular weight excluding hydrogens is 250 g/mol. The van der Waals surface area contributed by atoms with Gasteiger partial charge in [-0.05, 0) is 50.7 Å². The number of carbonyl (C=O) groups is 1. The molecule has 0 atom stereocenters. The van der Waals surface area contributed by atoms with Gasteiger partial charge < -0.3 is 10.1 Å². The van der Waals surface area contributed by atoms with E-state index in [-0.39, 0.29) is 18.2 Å². The van der Waals surface area contributed by atoms with E-state index in [2.05, 4.69) is 5.32 Å². The molecule has 3 nitrogen and oxygen atoms in total. The van der Waals surface area contributed by atoms with Gasteiger partial charge in [0.25, 0.3) is 0 Å². The summed E-state index contributed by atoms with van der Waals surface area (Å²) in [5.41, 5.74) is 0.759. The van der Waals surface area contributed by atoms with E-state index >= 15 is 0 Å². The summed E-state index contributed by atoms with van der Waals surface area (Å²) in [6.45, 7) is 3.62. The Bertz CT molecular complexity index is 338. The van der Waals surface area contributed by atoms with Crippen molar-refractivity contribution in [3.05, 3.63) is 29.8 Å². The number of nitrogens with one attached hydrogen (secondary N) is 1. The fraction of sp³-hybridized carbons (Fsp3) is 0.500. The van der Waals surface area contributed by atoms with Crippen LogP contribution in [0.5, 0.6) is 5.75 Å². The molecule has 0 saturated heterocycles. The molecule has 0 bridgehead atoms. The van der Waals surface area contributed by atoms with Gasteiger partial charge >= 0.3 is 0 Å². The van der Waals surface area contributed by atoms with Gasteiger partial charge in [0.05, 0.1) is 6.61 Å². The van der Waals surface area contributed by atoms with Crippen LogP contribution in [0.3, 0.4) is 0 Å². The average molecular weight is 272 g/mol. The minimum atomic E-state index is 0. The van der Waals surface area contributed by atoms with Gasteiger partial charge in [0, 0.05) is 12.0 Å². The van der Waals surface area contributed by atoms with Gasteiger partial charge in [0.1, 0.15) is 5.75 Å². The molecule has 18 heavy (non-hydrogen) atoms. The molecule has 0 radical (unpaired) electrons. The molecule has 0 aliphatic heterocycles. The minimum absolute atomic E-state index is 0. The number of Topliss-reactive ketones (excluding diaryl/α,β-unsaturated/α-hetero) is 1. The van der Waals surface area contributed by atoms with Crippen LogP contribution in [0.15, 0.2) is 24.3 Å². The number of ether oxygens (including phenoxy) is 1. The Morgan fingerprint density at radius 3 is 2.44 bits per heavy atom. The summed E-state index contributed by atoms with van der Waals surface area (Å²) in [5.74, 6) is 1.01. The maximum atomic E-state index is 11.4. The van der Waals surface area contributed by atoms with Crippen LogP contribution in [0.2, 0.25) is 0 Å². The highest BCUT2D eigenvalue weighted by molar-refractivity contribution is 5.95. The molecule has 102 valence electrons. The summed E-state index contributed by atoms with van der Waals surface area (Å²) < 4.78 is 5.58. The average Bonchev–Trinajstić information content (AvgIpc) is 2.38. The van der Waals surface area contributed by atoms with E-state index in [1.165, 1.54) is 0 Å². The van der Waals surface area contributed by atoms with Crippen molar-refractivity contribution in [1.29, 1.82) is 0 Å². The molecule has 0 unspecified atom stereocenters.